The maximum absolute atomic E-state index is 12.6. The number of esters is 4. The Morgan fingerprint density at radius 1 is 0.844 bits per heavy atom. The topological polar surface area (TPSA) is 144 Å². The highest BCUT2D eigenvalue weighted by molar-refractivity contribution is 5.89. The first-order valence-electron chi connectivity index (χ1n) is 9.75. The predicted octanol–water partition coefficient (Wildman–Crippen LogP) is 0.499. The SMILES string of the molecule is CC(=O)N[C@H]1[C@H](OC(=O)c2ccccc2)O[C@H](COC(C)=O)[C@@H](OC(C)=O)[C@@H]1OC(C)=O. The van der Waals surface area contributed by atoms with Crippen molar-refractivity contribution < 1.29 is 47.7 Å². The highest BCUT2D eigenvalue weighted by Gasteiger charge is 2.52. The van der Waals surface area contributed by atoms with Crippen molar-refractivity contribution in [2.24, 2.45) is 0 Å². The fraction of sp³-hybridized carbons (Fsp3) is 0.476. The second-order valence-corrected chi connectivity index (χ2v) is 6.99. The third kappa shape index (κ3) is 7.05. The molecule has 0 saturated carbocycles. The molecule has 5 atom stereocenters. The standard InChI is InChI=1S/C21H25NO10/c1-11(23)22-17-19(30-14(4)26)18(29-13(3)25)16(10-28-12(2)24)31-21(17)32-20(27)15-8-6-5-7-9-15/h5-9,16-19,21H,10H2,1-4H3,(H,22,23)/t16-,17-,18-,19-,21+/m1/s1. The Balaban J connectivity index is 2.42. The van der Waals surface area contributed by atoms with Crippen molar-refractivity contribution in [1.82, 2.24) is 5.32 Å². The van der Waals surface area contributed by atoms with Crippen molar-refractivity contribution in [1.29, 1.82) is 0 Å². The van der Waals surface area contributed by atoms with Crippen LogP contribution in [0.4, 0.5) is 0 Å². The molecule has 11 nitrogen and oxygen atoms in total. The van der Waals surface area contributed by atoms with Gasteiger partial charge in [0.2, 0.25) is 12.2 Å². The number of benzene rings is 1. The Hall–Kier alpha value is -3.47. The summed E-state index contributed by atoms with van der Waals surface area (Å²) in [5.74, 6) is -3.43. The summed E-state index contributed by atoms with van der Waals surface area (Å²) in [4.78, 5) is 59.3. The number of hydrogen-bond acceptors (Lipinski definition) is 10. The lowest BCUT2D eigenvalue weighted by atomic mass is 9.96. The van der Waals surface area contributed by atoms with E-state index < -0.39 is 67.0 Å². The van der Waals surface area contributed by atoms with Crippen LogP contribution in [-0.4, -0.2) is 67.0 Å². The molecule has 1 fully saturated rings. The molecule has 1 amide bonds. The van der Waals surface area contributed by atoms with Crippen LogP contribution in [-0.2, 0) is 42.9 Å². The van der Waals surface area contributed by atoms with Gasteiger partial charge in [0.05, 0.1) is 5.56 Å². The third-order valence-electron chi connectivity index (χ3n) is 4.30. The maximum atomic E-state index is 12.6. The van der Waals surface area contributed by atoms with Crippen molar-refractivity contribution in [2.45, 2.75) is 58.3 Å². The van der Waals surface area contributed by atoms with E-state index in [1.165, 1.54) is 26.0 Å². The molecule has 2 rings (SSSR count). The number of hydrogen-bond donors (Lipinski definition) is 1. The van der Waals surface area contributed by atoms with Gasteiger partial charge in [0.15, 0.2) is 12.2 Å². The van der Waals surface area contributed by atoms with E-state index in [4.69, 9.17) is 23.7 Å². The third-order valence-corrected chi connectivity index (χ3v) is 4.30. The molecule has 1 heterocycles. The molecule has 1 aliphatic heterocycles. The Labute approximate surface area is 184 Å². The molecule has 1 N–H and O–H groups in total. The summed E-state index contributed by atoms with van der Waals surface area (Å²) in [5.41, 5.74) is 0.209. The minimum atomic E-state index is -1.46. The van der Waals surface area contributed by atoms with E-state index in [1.807, 2.05) is 0 Å². The van der Waals surface area contributed by atoms with E-state index in [-0.39, 0.29) is 5.56 Å². The van der Waals surface area contributed by atoms with Gasteiger partial charge in [-0.3, -0.25) is 19.2 Å². The lowest BCUT2D eigenvalue weighted by Crippen LogP contribution is -2.66. The van der Waals surface area contributed by atoms with Gasteiger partial charge in [-0.1, -0.05) is 18.2 Å². The second kappa shape index (κ2) is 11.2. The molecule has 1 aromatic rings. The van der Waals surface area contributed by atoms with Gasteiger partial charge in [-0.05, 0) is 12.1 Å². The number of carbonyl (C=O) groups excluding carboxylic acids is 5. The summed E-state index contributed by atoms with van der Waals surface area (Å²) in [6.07, 6.45) is -5.18. The minimum Gasteiger partial charge on any atom is -0.463 e. The summed E-state index contributed by atoms with van der Waals surface area (Å²) in [6.45, 7) is 4.23. The van der Waals surface area contributed by atoms with Gasteiger partial charge >= 0.3 is 23.9 Å². The Morgan fingerprint density at radius 3 is 1.97 bits per heavy atom. The predicted molar refractivity (Wildman–Crippen MR) is 106 cm³/mol. The summed E-state index contributed by atoms with van der Waals surface area (Å²) < 4.78 is 26.8. The average molecular weight is 451 g/mol. The van der Waals surface area contributed by atoms with Gasteiger partial charge in [-0.15, -0.1) is 0 Å². The fourth-order valence-corrected chi connectivity index (χ4v) is 3.14. The van der Waals surface area contributed by atoms with Crippen LogP contribution in [0.25, 0.3) is 0 Å². The molecule has 0 radical (unpaired) electrons. The van der Waals surface area contributed by atoms with Crippen LogP contribution < -0.4 is 5.32 Å². The molecular formula is C21H25NO10. The van der Waals surface area contributed by atoms with Gasteiger partial charge in [0, 0.05) is 27.7 Å². The van der Waals surface area contributed by atoms with E-state index >= 15 is 0 Å². The fourth-order valence-electron chi connectivity index (χ4n) is 3.14. The summed E-state index contributed by atoms with van der Waals surface area (Å²) in [7, 11) is 0. The molecule has 0 aromatic heterocycles. The Kier molecular flexibility index (Phi) is 8.71. The summed E-state index contributed by atoms with van der Waals surface area (Å²) in [5, 5.41) is 2.52. The smallest absolute Gasteiger partial charge is 0.340 e. The molecule has 32 heavy (non-hydrogen) atoms. The maximum Gasteiger partial charge on any atom is 0.340 e. The highest BCUT2D eigenvalue weighted by Crippen LogP contribution is 2.28. The van der Waals surface area contributed by atoms with E-state index in [0.717, 1.165) is 13.8 Å². The normalized spacial score (nSPS) is 24.6. The molecule has 0 bridgehead atoms. The second-order valence-electron chi connectivity index (χ2n) is 6.99. The quantitative estimate of drug-likeness (QED) is 0.460. The molecule has 0 unspecified atom stereocenters. The van der Waals surface area contributed by atoms with Gasteiger partial charge in [0.1, 0.15) is 18.8 Å². The Morgan fingerprint density at radius 2 is 1.44 bits per heavy atom. The zero-order valence-corrected chi connectivity index (χ0v) is 18.1. The molecule has 11 heteroatoms. The molecule has 174 valence electrons. The molecule has 1 aromatic carbocycles. The zero-order chi connectivity index (χ0) is 23.8. The average Bonchev–Trinajstić information content (AvgIpc) is 2.70. The van der Waals surface area contributed by atoms with E-state index in [0.29, 0.717) is 0 Å². The first-order valence-corrected chi connectivity index (χ1v) is 9.75. The summed E-state index contributed by atoms with van der Waals surface area (Å²) in [6, 6.07) is 6.78. The lowest BCUT2D eigenvalue weighted by molar-refractivity contribution is -0.263. The van der Waals surface area contributed by atoms with Crippen molar-refractivity contribution in [3.05, 3.63) is 35.9 Å². The number of nitrogens with one attached hydrogen (secondary N) is 1. The molecular weight excluding hydrogens is 426 g/mol. The van der Waals surface area contributed by atoms with Gasteiger partial charge < -0.3 is 29.0 Å². The lowest BCUT2D eigenvalue weighted by Gasteiger charge is -2.44. The van der Waals surface area contributed by atoms with Crippen molar-refractivity contribution in [2.75, 3.05) is 6.61 Å². The first-order chi connectivity index (χ1) is 15.1. The van der Waals surface area contributed by atoms with Crippen LogP contribution in [0.15, 0.2) is 30.3 Å². The van der Waals surface area contributed by atoms with Crippen LogP contribution in [0.1, 0.15) is 38.1 Å². The van der Waals surface area contributed by atoms with Crippen LogP contribution in [0.3, 0.4) is 0 Å². The van der Waals surface area contributed by atoms with Crippen molar-refractivity contribution in [3.8, 4) is 0 Å². The van der Waals surface area contributed by atoms with Gasteiger partial charge in [0.25, 0.3) is 0 Å². The minimum absolute atomic E-state index is 0.209. The zero-order valence-electron chi connectivity index (χ0n) is 18.1. The number of ether oxygens (including phenoxy) is 5. The van der Waals surface area contributed by atoms with E-state index in [2.05, 4.69) is 5.32 Å². The largest absolute Gasteiger partial charge is 0.463 e. The number of carbonyl (C=O) groups is 5. The van der Waals surface area contributed by atoms with Gasteiger partial charge in [-0.25, -0.2) is 4.79 Å². The number of rotatable bonds is 7. The monoisotopic (exact) mass is 451 g/mol. The van der Waals surface area contributed by atoms with Crippen LogP contribution >= 0.6 is 0 Å². The van der Waals surface area contributed by atoms with Gasteiger partial charge in [-0.2, -0.15) is 0 Å². The first kappa shape index (κ1) is 24.8. The van der Waals surface area contributed by atoms with Crippen LogP contribution in [0.5, 0.6) is 0 Å². The number of amides is 1. The van der Waals surface area contributed by atoms with Crippen LogP contribution in [0, 0.1) is 0 Å². The summed E-state index contributed by atoms with van der Waals surface area (Å²) >= 11 is 0. The van der Waals surface area contributed by atoms with E-state index in [9.17, 15) is 24.0 Å². The van der Waals surface area contributed by atoms with E-state index in [1.54, 1.807) is 18.2 Å². The molecule has 1 aliphatic rings. The Bertz CT molecular complexity index is 855. The highest BCUT2D eigenvalue weighted by atomic mass is 16.7. The molecule has 0 spiro atoms. The van der Waals surface area contributed by atoms with Crippen molar-refractivity contribution in [3.63, 3.8) is 0 Å². The van der Waals surface area contributed by atoms with Crippen molar-refractivity contribution >= 4 is 29.8 Å². The molecule has 0 aliphatic carbocycles. The van der Waals surface area contributed by atoms with Crippen LogP contribution in [0.2, 0.25) is 0 Å². The molecule has 1 saturated heterocycles.